The number of carboxylic acids is 1. The van der Waals surface area contributed by atoms with Crippen molar-refractivity contribution in [2.45, 2.75) is 45.6 Å². The minimum absolute atomic E-state index is 0.0206. The number of rotatable bonds is 8. The van der Waals surface area contributed by atoms with Gasteiger partial charge in [-0.15, -0.1) is 0 Å². The minimum atomic E-state index is -0.777. The van der Waals surface area contributed by atoms with Crippen molar-refractivity contribution in [2.75, 3.05) is 5.73 Å². The molecule has 6 nitrogen and oxygen atoms in total. The van der Waals surface area contributed by atoms with Gasteiger partial charge in [0.05, 0.1) is 24.2 Å². The van der Waals surface area contributed by atoms with Crippen molar-refractivity contribution >= 4 is 17.6 Å². The monoisotopic (exact) mass is 293 g/mol. The number of nitrogens with two attached hydrogens (primary N) is 1. The number of carbonyl (C=O) groups excluding carboxylic acids is 1. The largest absolute Gasteiger partial charge is 0.481 e. The summed E-state index contributed by atoms with van der Waals surface area (Å²) in [6, 6.07) is 3.47. The van der Waals surface area contributed by atoms with Gasteiger partial charge in [-0.1, -0.05) is 13.3 Å². The maximum atomic E-state index is 11.8. The third kappa shape index (κ3) is 6.74. The Bertz CT molecular complexity index is 474. The van der Waals surface area contributed by atoms with E-state index in [9.17, 15) is 9.59 Å². The summed E-state index contributed by atoms with van der Waals surface area (Å²) in [7, 11) is 0. The average Bonchev–Trinajstić information content (AvgIpc) is 2.41. The number of aliphatic carboxylic acids is 1. The zero-order valence-electron chi connectivity index (χ0n) is 12.5. The zero-order valence-corrected chi connectivity index (χ0v) is 12.5. The standard InChI is InChI=1S/C15H23N3O3/c1-10(15(20)21)4-3-5-11(2)18-14(19)8-13-7-6-12(16)9-17-13/h6-7,9-11H,3-5,8,16H2,1-2H3,(H,18,19)(H,20,21). The molecule has 6 heteroatoms. The quantitative estimate of drug-likeness (QED) is 0.675. The number of carboxylic acid groups (broad SMARTS) is 1. The van der Waals surface area contributed by atoms with E-state index in [1.807, 2.05) is 6.92 Å². The smallest absolute Gasteiger partial charge is 0.306 e. The van der Waals surface area contributed by atoms with E-state index in [0.29, 0.717) is 17.8 Å². The molecule has 0 aliphatic heterocycles. The summed E-state index contributed by atoms with van der Waals surface area (Å²) in [4.78, 5) is 26.6. The van der Waals surface area contributed by atoms with Gasteiger partial charge in [0.25, 0.3) is 0 Å². The summed E-state index contributed by atoms with van der Waals surface area (Å²) < 4.78 is 0. The fraction of sp³-hybridized carbons (Fsp3) is 0.533. The van der Waals surface area contributed by atoms with Crippen molar-refractivity contribution < 1.29 is 14.7 Å². The third-order valence-corrected chi connectivity index (χ3v) is 3.29. The van der Waals surface area contributed by atoms with Crippen molar-refractivity contribution in [1.29, 1.82) is 0 Å². The first kappa shape index (κ1) is 16.9. The topological polar surface area (TPSA) is 105 Å². The van der Waals surface area contributed by atoms with Crippen LogP contribution in [0.3, 0.4) is 0 Å². The summed E-state index contributed by atoms with van der Waals surface area (Å²) in [6.07, 6.45) is 3.90. The number of aromatic nitrogens is 1. The molecule has 1 aromatic rings. The number of carbonyl (C=O) groups is 2. The van der Waals surface area contributed by atoms with Crippen molar-refractivity contribution in [3.05, 3.63) is 24.0 Å². The Morgan fingerprint density at radius 1 is 1.33 bits per heavy atom. The molecule has 0 aliphatic carbocycles. The number of hydrogen-bond acceptors (Lipinski definition) is 4. The molecule has 2 atom stereocenters. The normalized spacial score (nSPS) is 13.4. The molecule has 1 heterocycles. The van der Waals surface area contributed by atoms with Gasteiger partial charge >= 0.3 is 5.97 Å². The lowest BCUT2D eigenvalue weighted by atomic mass is 10.0. The van der Waals surface area contributed by atoms with Crippen LogP contribution in [0.1, 0.15) is 38.8 Å². The van der Waals surface area contributed by atoms with Crippen LogP contribution in [0.4, 0.5) is 5.69 Å². The van der Waals surface area contributed by atoms with Crippen molar-refractivity contribution in [1.82, 2.24) is 10.3 Å². The van der Waals surface area contributed by atoms with Crippen LogP contribution < -0.4 is 11.1 Å². The fourth-order valence-corrected chi connectivity index (χ4v) is 1.96. The van der Waals surface area contributed by atoms with Crippen molar-refractivity contribution in [3.63, 3.8) is 0 Å². The van der Waals surface area contributed by atoms with Gasteiger partial charge < -0.3 is 16.2 Å². The molecule has 0 saturated carbocycles. The number of nitrogen functional groups attached to an aromatic ring is 1. The molecular weight excluding hydrogens is 270 g/mol. The minimum Gasteiger partial charge on any atom is -0.481 e. The van der Waals surface area contributed by atoms with Gasteiger partial charge in [0.15, 0.2) is 0 Å². The van der Waals surface area contributed by atoms with E-state index in [0.717, 1.165) is 12.8 Å². The molecule has 1 amide bonds. The van der Waals surface area contributed by atoms with Crippen LogP contribution in [0, 0.1) is 5.92 Å². The lowest BCUT2D eigenvalue weighted by molar-refractivity contribution is -0.141. The number of hydrogen-bond donors (Lipinski definition) is 3. The highest BCUT2D eigenvalue weighted by atomic mass is 16.4. The number of nitrogens with zero attached hydrogens (tertiary/aromatic N) is 1. The van der Waals surface area contributed by atoms with E-state index in [1.165, 1.54) is 6.20 Å². The first-order chi connectivity index (χ1) is 9.88. The fourth-order valence-electron chi connectivity index (χ4n) is 1.96. The molecule has 0 fully saturated rings. The van der Waals surface area contributed by atoms with Crippen LogP contribution in [0.15, 0.2) is 18.3 Å². The van der Waals surface area contributed by atoms with E-state index >= 15 is 0 Å². The maximum absolute atomic E-state index is 11.8. The van der Waals surface area contributed by atoms with Crippen LogP contribution in [0.5, 0.6) is 0 Å². The highest BCUT2D eigenvalue weighted by Gasteiger charge is 2.12. The second kappa shape index (κ2) is 8.24. The Hall–Kier alpha value is -2.11. The molecule has 1 aromatic heterocycles. The first-order valence-corrected chi connectivity index (χ1v) is 7.11. The van der Waals surface area contributed by atoms with Crippen LogP contribution in [-0.2, 0) is 16.0 Å². The molecule has 116 valence electrons. The van der Waals surface area contributed by atoms with E-state index in [2.05, 4.69) is 10.3 Å². The van der Waals surface area contributed by atoms with Crippen molar-refractivity contribution in [2.24, 2.45) is 5.92 Å². The number of nitrogens with one attached hydrogen (secondary N) is 1. The molecule has 4 N–H and O–H groups in total. The van der Waals surface area contributed by atoms with E-state index in [4.69, 9.17) is 10.8 Å². The van der Waals surface area contributed by atoms with Crippen LogP contribution in [0.2, 0.25) is 0 Å². The van der Waals surface area contributed by atoms with Crippen molar-refractivity contribution in [3.8, 4) is 0 Å². The molecule has 0 aliphatic rings. The maximum Gasteiger partial charge on any atom is 0.306 e. The lowest BCUT2D eigenvalue weighted by Crippen LogP contribution is -2.33. The predicted molar refractivity (Wildman–Crippen MR) is 80.6 cm³/mol. The summed E-state index contributed by atoms with van der Waals surface area (Å²) in [6.45, 7) is 3.61. The molecule has 0 spiro atoms. The molecule has 21 heavy (non-hydrogen) atoms. The van der Waals surface area contributed by atoms with E-state index in [1.54, 1.807) is 19.1 Å². The zero-order chi connectivity index (χ0) is 15.8. The molecule has 0 radical (unpaired) electrons. The highest BCUT2D eigenvalue weighted by molar-refractivity contribution is 5.78. The second-order valence-corrected chi connectivity index (χ2v) is 5.40. The highest BCUT2D eigenvalue weighted by Crippen LogP contribution is 2.10. The SMILES string of the molecule is CC(CCCC(C)C(=O)O)NC(=O)Cc1ccc(N)cn1. The van der Waals surface area contributed by atoms with Gasteiger partial charge in [-0.25, -0.2) is 0 Å². The van der Waals surface area contributed by atoms with Crippen LogP contribution in [-0.4, -0.2) is 28.0 Å². The molecule has 0 saturated heterocycles. The second-order valence-electron chi connectivity index (χ2n) is 5.40. The third-order valence-electron chi connectivity index (χ3n) is 3.29. The van der Waals surface area contributed by atoms with Gasteiger partial charge in [0, 0.05) is 11.7 Å². The molecule has 0 bridgehead atoms. The first-order valence-electron chi connectivity index (χ1n) is 7.11. The van der Waals surface area contributed by atoms with Crippen LogP contribution in [0.25, 0.3) is 0 Å². The Balaban J connectivity index is 2.27. The van der Waals surface area contributed by atoms with Gasteiger partial charge in [-0.05, 0) is 31.9 Å². The molecule has 0 aromatic carbocycles. The number of amides is 1. The molecule has 1 rings (SSSR count). The molecule has 2 unspecified atom stereocenters. The van der Waals surface area contributed by atoms with Gasteiger partial charge in [0.1, 0.15) is 0 Å². The Labute approximate surface area is 124 Å². The summed E-state index contributed by atoms with van der Waals surface area (Å²) in [5, 5.41) is 11.7. The van der Waals surface area contributed by atoms with Crippen LogP contribution >= 0.6 is 0 Å². The number of pyridine rings is 1. The number of anilines is 1. The van der Waals surface area contributed by atoms with E-state index in [-0.39, 0.29) is 24.3 Å². The molecular formula is C15H23N3O3. The Kier molecular flexibility index (Phi) is 6.65. The van der Waals surface area contributed by atoms with Gasteiger partial charge in [-0.2, -0.15) is 0 Å². The van der Waals surface area contributed by atoms with E-state index < -0.39 is 5.97 Å². The Morgan fingerprint density at radius 2 is 2.05 bits per heavy atom. The average molecular weight is 293 g/mol. The summed E-state index contributed by atoms with van der Waals surface area (Å²) in [5.41, 5.74) is 6.78. The predicted octanol–water partition coefficient (Wildman–Crippen LogP) is 1.60. The lowest BCUT2D eigenvalue weighted by Gasteiger charge is -2.14. The Morgan fingerprint density at radius 3 is 2.62 bits per heavy atom. The summed E-state index contributed by atoms with van der Waals surface area (Å²) >= 11 is 0. The summed E-state index contributed by atoms with van der Waals surface area (Å²) in [5.74, 6) is -1.21. The van der Waals surface area contributed by atoms with Gasteiger partial charge in [-0.3, -0.25) is 14.6 Å². The van der Waals surface area contributed by atoms with Gasteiger partial charge in [0.2, 0.25) is 5.91 Å².